The molecule has 1 amide bonds. The molecule has 2 N–H and O–H groups in total. The van der Waals surface area contributed by atoms with E-state index in [1.165, 1.54) is 5.56 Å². The van der Waals surface area contributed by atoms with Crippen LogP contribution in [0.1, 0.15) is 24.5 Å². The average Bonchev–Trinajstić information content (AvgIpc) is 2.58. The quantitative estimate of drug-likeness (QED) is 0.709. The van der Waals surface area contributed by atoms with E-state index in [2.05, 4.69) is 22.8 Å². The number of halogens is 1. The summed E-state index contributed by atoms with van der Waals surface area (Å²) in [5.41, 5.74) is 1.19. The highest BCUT2D eigenvalue weighted by molar-refractivity contribution is 5.85. The van der Waals surface area contributed by atoms with Crippen molar-refractivity contribution < 1.29 is 14.3 Å². The van der Waals surface area contributed by atoms with Crippen LogP contribution >= 0.6 is 12.4 Å². The molecule has 5 nitrogen and oxygen atoms in total. The fraction of sp³-hybridized carbons (Fsp3) is 0.588. The minimum atomic E-state index is 0. The third-order valence-corrected chi connectivity index (χ3v) is 3.90. The van der Waals surface area contributed by atoms with Gasteiger partial charge in [0.1, 0.15) is 0 Å². The van der Waals surface area contributed by atoms with E-state index >= 15 is 0 Å². The largest absolute Gasteiger partial charge is 0.383 e. The van der Waals surface area contributed by atoms with Crippen molar-refractivity contribution in [2.45, 2.75) is 18.9 Å². The fourth-order valence-electron chi connectivity index (χ4n) is 2.75. The van der Waals surface area contributed by atoms with Gasteiger partial charge in [-0.2, -0.15) is 0 Å². The zero-order valence-corrected chi connectivity index (χ0v) is 14.4. The van der Waals surface area contributed by atoms with Crippen molar-refractivity contribution in [3.63, 3.8) is 0 Å². The smallest absolute Gasteiger partial charge is 0.233 e. The van der Waals surface area contributed by atoms with Crippen molar-refractivity contribution in [1.29, 1.82) is 0 Å². The zero-order chi connectivity index (χ0) is 15.6. The highest BCUT2D eigenvalue weighted by Gasteiger charge is 2.27. The first-order chi connectivity index (χ1) is 10.8. The number of amides is 1. The molecule has 0 radical (unpaired) electrons. The van der Waals surface area contributed by atoms with Crippen molar-refractivity contribution >= 4 is 18.3 Å². The molecule has 0 aromatic heterocycles. The molecule has 130 valence electrons. The van der Waals surface area contributed by atoms with Gasteiger partial charge in [0, 0.05) is 32.7 Å². The number of carbonyl (C=O) groups excluding carboxylic acids is 1. The van der Waals surface area contributed by atoms with Crippen LogP contribution in [0.2, 0.25) is 0 Å². The van der Waals surface area contributed by atoms with E-state index in [9.17, 15) is 4.79 Å². The Morgan fingerprint density at radius 2 is 2.13 bits per heavy atom. The third kappa shape index (κ3) is 6.87. The Morgan fingerprint density at radius 1 is 1.35 bits per heavy atom. The Labute approximate surface area is 144 Å². The highest BCUT2D eigenvalue weighted by atomic mass is 35.5. The monoisotopic (exact) mass is 342 g/mol. The van der Waals surface area contributed by atoms with Gasteiger partial charge in [0.2, 0.25) is 5.91 Å². The average molecular weight is 343 g/mol. The van der Waals surface area contributed by atoms with E-state index in [4.69, 9.17) is 9.47 Å². The lowest BCUT2D eigenvalue weighted by Gasteiger charge is -2.32. The van der Waals surface area contributed by atoms with Crippen LogP contribution in [0.4, 0.5) is 0 Å². The summed E-state index contributed by atoms with van der Waals surface area (Å²) in [5, 5.41) is 6.06. The number of methoxy groups -OCH3 is 1. The Hall–Kier alpha value is -1.14. The highest BCUT2D eigenvalue weighted by Crippen LogP contribution is 2.32. The van der Waals surface area contributed by atoms with Crippen LogP contribution in [0.15, 0.2) is 30.3 Å². The van der Waals surface area contributed by atoms with Gasteiger partial charge in [-0.3, -0.25) is 4.79 Å². The van der Waals surface area contributed by atoms with Crippen LogP contribution in [0.5, 0.6) is 0 Å². The lowest BCUT2D eigenvalue weighted by Crippen LogP contribution is -2.39. The van der Waals surface area contributed by atoms with Gasteiger partial charge >= 0.3 is 0 Å². The summed E-state index contributed by atoms with van der Waals surface area (Å²) >= 11 is 0. The lowest BCUT2D eigenvalue weighted by molar-refractivity contribution is -0.121. The first-order valence-electron chi connectivity index (χ1n) is 7.94. The van der Waals surface area contributed by atoms with Gasteiger partial charge in [-0.05, 0) is 18.4 Å². The second-order valence-corrected chi connectivity index (χ2v) is 5.58. The molecule has 2 rings (SSSR count). The predicted molar refractivity (Wildman–Crippen MR) is 92.9 cm³/mol. The molecule has 2 atom stereocenters. The molecule has 1 heterocycles. The van der Waals surface area contributed by atoms with E-state index in [-0.39, 0.29) is 24.4 Å². The summed E-state index contributed by atoms with van der Waals surface area (Å²) in [6, 6.07) is 10.3. The molecule has 0 aliphatic carbocycles. The molecule has 23 heavy (non-hydrogen) atoms. The summed E-state index contributed by atoms with van der Waals surface area (Å²) in [7, 11) is 1.65. The van der Waals surface area contributed by atoms with Gasteiger partial charge in [0.15, 0.2) is 0 Å². The van der Waals surface area contributed by atoms with E-state index in [1.54, 1.807) is 7.11 Å². The molecular formula is C17H27ClN2O3. The molecule has 1 aromatic rings. The van der Waals surface area contributed by atoms with Crippen molar-refractivity contribution in [3.8, 4) is 0 Å². The fourth-order valence-corrected chi connectivity index (χ4v) is 2.75. The maximum absolute atomic E-state index is 11.8. The van der Waals surface area contributed by atoms with Crippen LogP contribution in [0, 0.1) is 5.92 Å². The van der Waals surface area contributed by atoms with Gasteiger partial charge in [0.05, 0.1) is 19.3 Å². The van der Waals surface area contributed by atoms with Crippen molar-refractivity contribution in [2.75, 3.05) is 40.0 Å². The van der Waals surface area contributed by atoms with Crippen LogP contribution in [0.25, 0.3) is 0 Å². The Balaban J connectivity index is 0.00000264. The minimum Gasteiger partial charge on any atom is -0.383 e. The maximum Gasteiger partial charge on any atom is 0.233 e. The first-order valence-corrected chi connectivity index (χ1v) is 7.94. The number of ether oxygens (including phenoxy) is 2. The first kappa shape index (κ1) is 19.9. The van der Waals surface area contributed by atoms with Crippen molar-refractivity contribution in [1.82, 2.24) is 10.6 Å². The number of carbonyl (C=O) groups is 1. The second-order valence-electron chi connectivity index (χ2n) is 5.58. The normalized spacial score (nSPS) is 20.6. The molecule has 6 heteroatoms. The molecule has 1 aromatic carbocycles. The van der Waals surface area contributed by atoms with E-state index in [0.717, 1.165) is 19.4 Å². The summed E-state index contributed by atoms with van der Waals surface area (Å²) < 4.78 is 10.9. The summed E-state index contributed by atoms with van der Waals surface area (Å²) in [6.45, 7) is 3.07. The van der Waals surface area contributed by atoms with E-state index in [0.29, 0.717) is 32.2 Å². The zero-order valence-electron chi connectivity index (χ0n) is 13.6. The number of nitrogens with one attached hydrogen (secondary N) is 2. The van der Waals surface area contributed by atoms with E-state index < -0.39 is 0 Å². The standard InChI is InChI=1S/C17H26N2O3.ClH/c1-21-11-9-18-13-16(20)19-12-15-8-5-10-22-17(15)14-6-3-2-4-7-14;/h2-4,6-7,15,17-18H,5,8-13H2,1H3,(H,19,20);1H. The van der Waals surface area contributed by atoms with Crippen LogP contribution in [-0.2, 0) is 14.3 Å². The van der Waals surface area contributed by atoms with Gasteiger partial charge in [-0.15, -0.1) is 12.4 Å². The SMILES string of the molecule is COCCNCC(=O)NCC1CCCOC1c1ccccc1.Cl. The van der Waals surface area contributed by atoms with Gasteiger partial charge < -0.3 is 20.1 Å². The topological polar surface area (TPSA) is 59.6 Å². The Kier molecular flexibility index (Phi) is 9.87. The number of benzene rings is 1. The summed E-state index contributed by atoms with van der Waals surface area (Å²) in [5.74, 6) is 0.354. The Morgan fingerprint density at radius 3 is 2.87 bits per heavy atom. The molecule has 1 aliphatic rings. The van der Waals surface area contributed by atoms with Crippen molar-refractivity contribution in [3.05, 3.63) is 35.9 Å². The number of rotatable bonds is 8. The summed E-state index contributed by atoms with van der Waals surface area (Å²) in [6.07, 6.45) is 2.21. The van der Waals surface area contributed by atoms with Crippen LogP contribution in [0.3, 0.4) is 0 Å². The predicted octanol–water partition coefficient (Wildman–Crippen LogP) is 1.93. The van der Waals surface area contributed by atoms with Gasteiger partial charge in [-0.25, -0.2) is 0 Å². The minimum absolute atomic E-state index is 0. The second kappa shape index (κ2) is 11.4. The van der Waals surface area contributed by atoms with E-state index in [1.807, 2.05) is 18.2 Å². The molecule has 1 fully saturated rings. The lowest BCUT2D eigenvalue weighted by atomic mass is 9.89. The molecule has 0 saturated carbocycles. The molecule has 0 bridgehead atoms. The maximum atomic E-state index is 11.8. The van der Waals surface area contributed by atoms with Crippen LogP contribution < -0.4 is 10.6 Å². The molecule has 1 saturated heterocycles. The molecular weight excluding hydrogens is 316 g/mol. The number of hydrogen-bond donors (Lipinski definition) is 2. The van der Waals surface area contributed by atoms with Gasteiger partial charge in [0.25, 0.3) is 0 Å². The molecule has 1 aliphatic heterocycles. The summed E-state index contributed by atoms with van der Waals surface area (Å²) in [4.78, 5) is 11.8. The Bertz CT molecular complexity index is 445. The third-order valence-electron chi connectivity index (χ3n) is 3.90. The van der Waals surface area contributed by atoms with Crippen LogP contribution in [-0.4, -0.2) is 45.9 Å². The van der Waals surface area contributed by atoms with Crippen molar-refractivity contribution in [2.24, 2.45) is 5.92 Å². The number of hydrogen-bond acceptors (Lipinski definition) is 4. The molecule has 0 spiro atoms. The van der Waals surface area contributed by atoms with Gasteiger partial charge in [-0.1, -0.05) is 30.3 Å². The molecule has 2 unspecified atom stereocenters.